The molecule has 0 fully saturated rings. The third-order valence-electron chi connectivity index (χ3n) is 4.67. The lowest BCUT2D eigenvalue weighted by Crippen LogP contribution is -2.32. The number of methoxy groups -OCH3 is 1. The molecule has 0 spiro atoms. The van der Waals surface area contributed by atoms with E-state index in [1.165, 1.54) is 18.3 Å². The van der Waals surface area contributed by atoms with Crippen LogP contribution in [-0.4, -0.2) is 43.8 Å². The fourth-order valence-corrected chi connectivity index (χ4v) is 3.30. The third kappa shape index (κ3) is 8.44. The van der Waals surface area contributed by atoms with Crippen molar-refractivity contribution in [2.75, 3.05) is 37.0 Å². The van der Waals surface area contributed by atoms with E-state index in [0.717, 1.165) is 30.2 Å². The van der Waals surface area contributed by atoms with E-state index in [0.29, 0.717) is 17.4 Å². The molecule has 0 aliphatic carbocycles. The van der Waals surface area contributed by atoms with Gasteiger partial charge in [-0.15, -0.1) is 0 Å². The lowest BCUT2D eigenvalue weighted by atomic mass is 10.1. The molecule has 2 rings (SSSR count). The van der Waals surface area contributed by atoms with Crippen molar-refractivity contribution in [2.24, 2.45) is 16.9 Å². The van der Waals surface area contributed by atoms with E-state index in [1.807, 2.05) is 12.1 Å². The third-order valence-corrected chi connectivity index (χ3v) is 4.67. The largest absolute Gasteiger partial charge is 0.497 e. The predicted molar refractivity (Wildman–Crippen MR) is 132 cm³/mol. The molecule has 178 valence electrons. The minimum Gasteiger partial charge on any atom is -0.497 e. The highest BCUT2D eigenvalue weighted by Gasteiger charge is 2.17. The van der Waals surface area contributed by atoms with Gasteiger partial charge >= 0.3 is 0 Å². The Morgan fingerprint density at radius 1 is 1.12 bits per heavy atom. The summed E-state index contributed by atoms with van der Waals surface area (Å²) in [4.78, 5) is 25.2. The van der Waals surface area contributed by atoms with Crippen molar-refractivity contribution in [2.45, 2.75) is 27.7 Å². The highest BCUT2D eigenvalue weighted by Crippen LogP contribution is 2.26. The molecule has 0 heterocycles. The topological polar surface area (TPSA) is 109 Å². The molecule has 9 nitrogen and oxygen atoms in total. The molecule has 2 aromatic carbocycles. The Bertz CT molecular complexity index is 948. The summed E-state index contributed by atoms with van der Waals surface area (Å²) in [6, 6.07) is 11.9. The summed E-state index contributed by atoms with van der Waals surface area (Å²) in [6.07, 6.45) is 1.46. The van der Waals surface area contributed by atoms with Crippen molar-refractivity contribution in [1.29, 1.82) is 0 Å². The van der Waals surface area contributed by atoms with Crippen LogP contribution >= 0.6 is 0 Å². The number of nitro groups is 1. The average molecular weight is 456 g/mol. The van der Waals surface area contributed by atoms with Gasteiger partial charge in [0, 0.05) is 42.2 Å². The maximum absolute atomic E-state index is 12.2. The second-order valence-corrected chi connectivity index (χ2v) is 8.57. The number of anilines is 2. The SMILES string of the molecule is COc1ccc(NCC(=O)NN=Cc2cc([N+](=O)[O-])ccc2N(CC(C)C)CC(C)C)cc1. The number of carbonyl (C=O) groups excluding carboxylic acids is 1. The lowest BCUT2D eigenvalue weighted by molar-refractivity contribution is -0.384. The van der Waals surface area contributed by atoms with Crippen LogP contribution in [0.4, 0.5) is 17.1 Å². The van der Waals surface area contributed by atoms with Gasteiger partial charge in [-0.3, -0.25) is 14.9 Å². The number of hydrogen-bond donors (Lipinski definition) is 2. The first kappa shape index (κ1) is 25.6. The standard InChI is InChI=1S/C24H33N5O4/c1-17(2)15-28(16-18(3)4)23-11-8-21(29(31)32)12-19(23)13-26-27-24(30)14-25-20-6-9-22(33-5)10-7-20/h6-13,17-18,25H,14-16H2,1-5H3,(H,27,30). The summed E-state index contributed by atoms with van der Waals surface area (Å²) in [7, 11) is 1.59. The van der Waals surface area contributed by atoms with Gasteiger partial charge in [-0.2, -0.15) is 5.10 Å². The molecule has 0 aliphatic heterocycles. The van der Waals surface area contributed by atoms with E-state index in [-0.39, 0.29) is 18.1 Å². The number of ether oxygens (including phenoxy) is 1. The Morgan fingerprint density at radius 2 is 1.76 bits per heavy atom. The van der Waals surface area contributed by atoms with Crippen LogP contribution in [0.5, 0.6) is 5.75 Å². The Morgan fingerprint density at radius 3 is 2.30 bits per heavy atom. The van der Waals surface area contributed by atoms with Crippen molar-refractivity contribution < 1.29 is 14.5 Å². The fourth-order valence-electron chi connectivity index (χ4n) is 3.30. The molecule has 0 aromatic heterocycles. The Kier molecular flexibility index (Phi) is 9.65. The minimum atomic E-state index is -0.437. The number of nitrogens with one attached hydrogen (secondary N) is 2. The van der Waals surface area contributed by atoms with Crippen LogP contribution in [0.25, 0.3) is 0 Å². The van der Waals surface area contributed by atoms with Crippen molar-refractivity contribution in [3.63, 3.8) is 0 Å². The first-order chi connectivity index (χ1) is 15.7. The van der Waals surface area contributed by atoms with Crippen LogP contribution in [0.3, 0.4) is 0 Å². The maximum Gasteiger partial charge on any atom is 0.270 e. The predicted octanol–water partition coefficient (Wildman–Crippen LogP) is 4.28. The zero-order valence-electron chi connectivity index (χ0n) is 19.9. The lowest BCUT2D eigenvalue weighted by Gasteiger charge is -2.29. The van der Waals surface area contributed by atoms with Crippen LogP contribution in [-0.2, 0) is 4.79 Å². The average Bonchev–Trinajstić information content (AvgIpc) is 2.76. The van der Waals surface area contributed by atoms with E-state index >= 15 is 0 Å². The summed E-state index contributed by atoms with van der Waals surface area (Å²) in [5, 5.41) is 18.3. The monoisotopic (exact) mass is 455 g/mol. The molecule has 0 aliphatic rings. The summed E-state index contributed by atoms with van der Waals surface area (Å²) < 4.78 is 5.11. The van der Waals surface area contributed by atoms with Gasteiger partial charge in [0.25, 0.3) is 11.6 Å². The molecule has 9 heteroatoms. The van der Waals surface area contributed by atoms with Gasteiger partial charge in [0.15, 0.2) is 0 Å². The Labute approximate surface area is 195 Å². The van der Waals surface area contributed by atoms with Gasteiger partial charge in [0.05, 0.1) is 24.8 Å². The first-order valence-corrected chi connectivity index (χ1v) is 10.9. The minimum absolute atomic E-state index is 0.0261. The molecular formula is C24H33N5O4. The van der Waals surface area contributed by atoms with E-state index in [2.05, 4.69) is 48.4 Å². The molecule has 2 N–H and O–H groups in total. The quantitative estimate of drug-likeness (QED) is 0.281. The zero-order chi connectivity index (χ0) is 24.4. The van der Waals surface area contributed by atoms with E-state index in [9.17, 15) is 14.9 Å². The number of hydrogen-bond acceptors (Lipinski definition) is 7. The number of rotatable bonds is 12. The number of nitrogens with zero attached hydrogens (tertiary/aromatic N) is 3. The van der Waals surface area contributed by atoms with Crippen LogP contribution in [0.15, 0.2) is 47.6 Å². The molecule has 0 atom stereocenters. The van der Waals surface area contributed by atoms with Gasteiger partial charge in [-0.25, -0.2) is 5.43 Å². The van der Waals surface area contributed by atoms with Crippen LogP contribution in [0, 0.1) is 22.0 Å². The Balaban J connectivity index is 2.12. The Hall–Kier alpha value is -3.62. The van der Waals surface area contributed by atoms with Crippen LogP contribution < -0.4 is 20.4 Å². The van der Waals surface area contributed by atoms with Gasteiger partial charge in [0.1, 0.15) is 5.75 Å². The number of carbonyl (C=O) groups is 1. The molecule has 0 bridgehead atoms. The van der Waals surface area contributed by atoms with Gasteiger partial charge in [-0.1, -0.05) is 27.7 Å². The van der Waals surface area contributed by atoms with Crippen molar-refractivity contribution >= 4 is 29.2 Å². The van der Waals surface area contributed by atoms with E-state index < -0.39 is 4.92 Å². The molecule has 33 heavy (non-hydrogen) atoms. The normalized spacial score (nSPS) is 11.1. The van der Waals surface area contributed by atoms with Crippen LogP contribution in [0.2, 0.25) is 0 Å². The number of non-ortho nitro benzene ring substituents is 1. The van der Waals surface area contributed by atoms with E-state index in [1.54, 1.807) is 25.3 Å². The summed E-state index contributed by atoms with van der Waals surface area (Å²) in [5.74, 6) is 1.21. The second kappa shape index (κ2) is 12.4. The number of benzene rings is 2. The maximum atomic E-state index is 12.2. The second-order valence-electron chi connectivity index (χ2n) is 8.57. The molecule has 2 aromatic rings. The van der Waals surface area contributed by atoms with Gasteiger partial charge < -0.3 is 15.0 Å². The fraction of sp³-hybridized carbons (Fsp3) is 0.417. The summed E-state index contributed by atoms with van der Waals surface area (Å²) in [6.45, 7) is 10.1. The highest BCUT2D eigenvalue weighted by molar-refractivity contribution is 5.90. The van der Waals surface area contributed by atoms with Gasteiger partial charge in [0.2, 0.25) is 0 Å². The summed E-state index contributed by atoms with van der Waals surface area (Å²) >= 11 is 0. The molecule has 1 amide bonds. The molecule has 0 radical (unpaired) electrons. The van der Waals surface area contributed by atoms with E-state index in [4.69, 9.17) is 4.74 Å². The highest BCUT2D eigenvalue weighted by atomic mass is 16.6. The van der Waals surface area contributed by atoms with Gasteiger partial charge in [-0.05, 0) is 42.2 Å². The molecule has 0 saturated carbocycles. The van der Waals surface area contributed by atoms with Crippen molar-refractivity contribution in [1.82, 2.24) is 5.43 Å². The number of hydrazone groups is 1. The first-order valence-electron chi connectivity index (χ1n) is 10.9. The van der Waals surface area contributed by atoms with Crippen molar-refractivity contribution in [3.8, 4) is 5.75 Å². The number of nitro benzene ring substituents is 1. The number of amides is 1. The smallest absolute Gasteiger partial charge is 0.270 e. The van der Waals surface area contributed by atoms with Crippen LogP contribution in [0.1, 0.15) is 33.3 Å². The zero-order valence-corrected chi connectivity index (χ0v) is 19.9. The molecule has 0 unspecified atom stereocenters. The molecule has 0 saturated heterocycles. The van der Waals surface area contributed by atoms with Crippen molar-refractivity contribution in [3.05, 3.63) is 58.1 Å². The molecular weight excluding hydrogens is 422 g/mol. The summed E-state index contributed by atoms with van der Waals surface area (Å²) in [5.41, 5.74) is 4.64.